The highest BCUT2D eigenvalue weighted by atomic mass is 32.2. The second-order valence-electron chi connectivity index (χ2n) is 5.98. The molecule has 2 heterocycles. The summed E-state index contributed by atoms with van der Waals surface area (Å²) in [4.78, 5) is 4.96. The molecule has 3 heteroatoms. The lowest BCUT2D eigenvalue weighted by Gasteiger charge is -2.25. The molecule has 0 amide bonds. The Hall–Kier alpha value is -1.71. The van der Waals surface area contributed by atoms with E-state index in [2.05, 4.69) is 65.9 Å². The van der Waals surface area contributed by atoms with Gasteiger partial charge in [-0.05, 0) is 55.0 Å². The molecule has 0 spiro atoms. The van der Waals surface area contributed by atoms with Crippen molar-refractivity contribution >= 4 is 22.7 Å². The predicted molar refractivity (Wildman–Crippen MR) is 94.8 cm³/mol. The Balaban J connectivity index is 1.82. The summed E-state index contributed by atoms with van der Waals surface area (Å²) in [6.45, 7) is 3.20. The fraction of sp³-hybridized carbons (Fsp3) is 0.263. The molecule has 2 N–H and O–H groups in total. The molecule has 0 saturated heterocycles. The van der Waals surface area contributed by atoms with Crippen LogP contribution in [0.5, 0.6) is 0 Å². The predicted octanol–water partition coefficient (Wildman–Crippen LogP) is 4.43. The lowest BCUT2D eigenvalue weighted by Crippen LogP contribution is -2.30. The molecular formula is C19H20N2S. The van der Waals surface area contributed by atoms with Crippen molar-refractivity contribution in [1.29, 1.82) is 0 Å². The van der Waals surface area contributed by atoms with E-state index >= 15 is 0 Å². The Morgan fingerprint density at radius 1 is 1.09 bits per heavy atom. The second-order valence-corrected chi connectivity index (χ2v) is 6.86. The molecule has 1 unspecified atom stereocenters. The summed E-state index contributed by atoms with van der Waals surface area (Å²) in [6, 6.07) is 15.9. The first-order valence-electron chi connectivity index (χ1n) is 7.74. The third-order valence-electron chi connectivity index (χ3n) is 4.56. The van der Waals surface area contributed by atoms with Crippen LogP contribution in [-0.4, -0.2) is 17.8 Å². The Morgan fingerprint density at radius 3 is 2.68 bits per heavy atom. The van der Waals surface area contributed by atoms with E-state index < -0.39 is 0 Å². The van der Waals surface area contributed by atoms with Crippen LogP contribution in [0.25, 0.3) is 10.9 Å². The average molecular weight is 308 g/mol. The van der Waals surface area contributed by atoms with Gasteiger partial charge < -0.3 is 10.3 Å². The molecular weight excluding hydrogens is 288 g/mol. The lowest BCUT2D eigenvalue weighted by atomic mass is 9.94. The van der Waals surface area contributed by atoms with Gasteiger partial charge in [-0.2, -0.15) is 0 Å². The second kappa shape index (κ2) is 5.49. The van der Waals surface area contributed by atoms with E-state index in [-0.39, 0.29) is 6.04 Å². The van der Waals surface area contributed by atoms with Gasteiger partial charge in [0.05, 0.1) is 6.04 Å². The van der Waals surface area contributed by atoms with Gasteiger partial charge in [0.2, 0.25) is 0 Å². The molecule has 2 nitrogen and oxygen atoms in total. The molecule has 0 saturated carbocycles. The van der Waals surface area contributed by atoms with Crippen molar-refractivity contribution < 1.29 is 0 Å². The smallest absolute Gasteiger partial charge is 0.0732 e. The van der Waals surface area contributed by atoms with Crippen LogP contribution in [0.1, 0.15) is 28.4 Å². The number of nitrogens with one attached hydrogen (secondary N) is 2. The van der Waals surface area contributed by atoms with Crippen molar-refractivity contribution in [2.75, 3.05) is 12.8 Å². The van der Waals surface area contributed by atoms with Crippen LogP contribution >= 0.6 is 11.8 Å². The minimum absolute atomic E-state index is 0.271. The summed E-state index contributed by atoms with van der Waals surface area (Å²) >= 11 is 1.79. The first-order chi connectivity index (χ1) is 10.8. The summed E-state index contributed by atoms with van der Waals surface area (Å²) in [5, 5.41) is 5.06. The summed E-state index contributed by atoms with van der Waals surface area (Å²) < 4.78 is 0. The van der Waals surface area contributed by atoms with Crippen LogP contribution in [0.15, 0.2) is 47.4 Å². The molecule has 4 rings (SSSR count). The number of aryl methyl sites for hydroxylation is 1. The molecule has 22 heavy (non-hydrogen) atoms. The van der Waals surface area contributed by atoms with Crippen LogP contribution in [0.4, 0.5) is 0 Å². The third-order valence-corrected chi connectivity index (χ3v) is 5.30. The van der Waals surface area contributed by atoms with Gasteiger partial charge in [-0.25, -0.2) is 0 Å². The van der Waals surface area contributed by atoms with Gasteiger partial charge in [-0.15, -0.1) is 11.8 Å². The number of aromatic nitrogens is 1. The first kappa shape index (κ1) is 13.9. The van der Waals surface area contributed by atoms with Crippen LogP contribution in [0.3, 0.4) is 0 Å². The Labute approximate surface area is 135 Å². The molecule has 0 fully saturated rings. The van der Waals surface area contributed by atoms with Crippen LogP contribution in [0, 0.1) is 6.92 Å². The van der Waals surface area contributed by atoms with Crippen LogP contribution < -0.4 is 5.32 Å². The number of hydrogen-bond acceptors (Lipinski definition) is 2. The van der Waals surface area contributed by atoms with E-state index in [1.807, 2.05) is 0 Å². The largest absolute Gasteiger partial charge is 0.357 e. The van der Waals surface area contributed by atoms with Crippen molar-refractivity contribution in [2.45, 2.75) is 24.3 Å². The maximum Gasteiger partial charge on any atom is 0.0732 e. The number of thioether (sulfide) groups is 1. The zero-order valence-corrected chi connectivity index (χ0v) is 13.8. The zero-order valence-electron chi connectivity index (χ0n) is 12.9. The van der Waals surface area contributed by atoms with Gasteiger partial charge >= 0.3 is 0 Å². The van der Waals surface area contributed by atoms with E-state index in [4.69, 9.17) is 0 Å². The zero-order chi connectivity index (χ0) is 15.1. The van der Waals surface area contributed by atoms with Gasteiger partial charge in [-0.3, -0.25) is 0 Å². The number of hydrogen-bond donors (Lipinski definition) is 2. The van der Waals surface area contributed by atoms with Gasteiger partial charge in [-0.1, -0.05) is 23.8 Å². The quantitative estimate of drug-likeness (QED) is 0.685. The molecule has 112 valence electrons. The van der Waals surface area contributed by atoms with E-state index in [0.717, 1.165) is 13.0 Å². The third kappa shape index (κ3) is 2.25. The fourth-order valence-corrected chi connectivity index (χ4v) is 3.83. The topological polar surface area (TPSA) is 27.8 Å². The standard InChI is InChI=1S/C19H20N2S/c1-12-3-8-17-16(11-12)15-9-10-20-18(19(15)21-17)13-4-6-14(22-2)7-5-13/h3-8,11,18,20-21H,9-10H2,1-2H3. The van der Waals surface area contributed by atoms with Gasteiger partial charge in [0, 0.05) is 28.0 Å². The highest BCUT2D eigenvalue weighted by Gasteiger charge is 2.25. The molecule has 1 aromatic heterocycles. The van der Waals surface area contributed by atoms with E-state index in [0.29, 0.717) is 0 Å². The molecule has 1 atom stereocenters. The number of aromatic amines is 1. The summed E-state index contributed by atoms with van der Waals surface area (Å²) in [5.41, 5.74) is 6.74. The Bertz CT molecular complexity index is 817. The minimum atomic E-state index is 0.271. The van der Waals surface area contributed by atoms with Gasteiger partial charge in [0.1, 0.15) is 0 Å². The monoisotopic (exact) mass is 308 g/mol. The van der Waals surface area contributed by atoms with Crippen molar-refractivity contribution in [2.24, 2.45) is 0 Å². The molecule has 0 bridgehead atoms. The summed E-state index contributed by atoms with van der Waals surface area (Å²) in [5.74, 6) is 0. The van der Waals surface area contributed by atoms with Crippen molar-refractivity contribution in [3.63, 3.8) is 0 Å². The lowest BCUT2D eigenvalue weighted by molar-refractivity contribution is 0.560. The fourth-order valence-electron chi connectivity index (χ4n) is 3.42. The maximum atomic E-state index is 3.67. The van der Waals surface area contributed by atoms with E-state index in [1.54, 1.807) is 11.8 Å². The number of fused-ring (bicyclic) bond motifs is 3. The van der Waals surface area contributed by atoms with Crippen molar-refractivity contribution in [3.8, 4) is 0 Å². The van der Waals surface area contributed by atoms with Crippen LogP contribution in [0.2, 0.25) is 0 Å². The van der Waals surface area contributed by atoms with Crippen molar-refractivity contribution in [1.82, 2.24) is 10.3 Å². The Morgan fingerprint density at radius 2 is 1.91 bits per heavy atom. The average Bonchev–Trinajstić information content (AvgIpc) is 2.93. The highest BCUT2D eigenvalue weighted by Crippen LogP contribution is 2.34. The molecule has 0 aliphatic carbocycles. The van der Waals surface area contributed by atoms with Crippen molar-refractivity contribution in [3.05, 3.63) is 64.8 Å². The normalized spacial score (nSPS) is 17.6. The molecule has 0 radical (unpaired) electrons. The molecule has 2 aromatic carbocycles. The van der Waals surface area contributed by atoms with E-state index in [9.17, 15) is 0 Å². The molecule has 1 aliphatic heterocycles. The number of H-pyrrole nitrogens is 1. The number of rotatable bonds is 2. The highest BCUT2D eigenvalue weighted by molar-refractivity contribution is 7.98. The molecule has 3 aromatic rings. The number of benzene rings is 2. The summed E-state index contributed by atoms with van der Waals surface area (Å²) in [6.07, 6.45) is 3.21. The van der Waals surface area contributed by atoms with Gasteiger partial charge in [0.15, 0.2) is 0 Å². The first-order valence-corrected chi connectivity index (χ1v) is 8.97. The van der Waals surface area contributed by atoms with Crippen LogP contribution in [-0.2, 0) is 6.42 Å². The SMILES string of the molecule is CSc1ccc(C2NCCc3c2[nH]c2ccc(C)cc32)cc1. The summed E-state index contributed by atoms with van der Waals surface area (Å²) in [7, 11) is 0. The Kier molecular flexibility index (Phi) is 3.47. The maximum absolute atomic E-state index is 3.67. The van der Waals surface area contributed by atoms with Gasteiger partial charge in [0.25, 0.3) is 0 Å². The van der Waals surface area contributed by atoms with E-state index in [1.165, 1.54) is 38.2 Å². The minimum Gasteiger partial charge on any atom is -0.357 e. The molecule has 1 aliphatic rings.